The molecule has 0 spiro atoms. The van der Waals surface area contributed by atoms with Gasteiger partial charge in [0.05, 0.1) is 0 Å². The molecule has 1 atom stereocenters. The second-order valence-corrected chi connectivity index (χ2v) is 6.77. The van der Waals surface area contributed by atoms with Gasteiger partial charge in [-0.05, 0) is 38.5 Å². The first-order chi connectivity index (χ1) is 10.7. The number of hydrogen-bond acceptors (Lipinski definition) is 3. The van der Waals surface area contributed by atoms with Crippen molar-refractivity contribution < 1.29 is 18.3 Å². The second kappa shape index (κ2) is 7.25. The fourth-order valence-corrected chi connectivity index (χ4v) is 2.46. The highest BCUT2D eigenvalue weighted by molar-refractivity contribution is 5.68. The summed E-state index contributed by atoms with van der Waals surface area (Å²) in [5.41, 5.74) is 0.229. The Morgan fingerprint density at radius 3 is 2.26 bits per heavy atom. The predicted molar refractivity (Wildman–Crippen MR) is 84.4 cm³/mol. The van der Waals surface area contributed by atoms with E-state index >= 15 is 0 Å². The molecule has 0 aliphatic carbocycles. The Morgan fingerprint density at radius 1 is 1.17 bits per heavy atom. The number of benzene rings is 1. The van der Waals surface area contributed by atoms with E-state index in [-0.39, 0.29) is 18.3 Å². The summed E-state index contributed by atoms with van der Waals surface area (Å²) in [7, 11) is 0. The van der Waals surface area contributed by atoms with Gasteiger partial charge in [0.2, 0.25) is 0 Å². The summed E-state index contributed by atoms with van der Waals surface area (Å²) >= 11 is 0. The fourth-order valence-electron chi connectivity index (χ4n) is 2.46. The summed E-state index contributed by atoms with van der Waals surface area (Å²) in [5, 5.41) is 0. The average Bonchev–Trinajstić information content (AvgIpc) is 2.48. The van der Waals surface area contributed by atoms with Crippen LogP contribution in [0.5, 0.6) is 0 Å². The number of rotatable bonds is 3. The topological polar surface area (TPSA) is 32.8 Å². The Bertz CT molecular complexity index is 520. The number of piperazine rings is 1. The summed E-state index contributed by atoms with van der Waals surface area (Å²) in [4.78, 5) is 15.3. The monoisotopic (exact) mass is 326 g/mol. The molecule has 1 aliphatic heterocycles. The summed E-state index contributed by atoms with van der Waals surface area (Å²) in [6.45, 7) is 7.27. The van der Waals surface area contributed by atoms with Gasteiger partial charge in [-0.2, -0.15) is 0 Å². The number of halogens is 2. The van der Waals surface area contributed by atoms with Crippen molar-refractivity contribution in [3.05, 3.63) is 35.6 Å². The Balaban J connectivity index is 1.81. The molecular weight excluding hydrogens is 302 g/mol. The standard InChI is InChI=1S/C17H24F2N2O2/c1-17(2,3)23-16(22)21-10-8-20(9-11-21)15(19)12-13-4-6-14(18)7-5-13/h4-7,15H,8-12H2,1-3H3. The Hall–Kier alpha value is -1.69. The first-order valence-corrected chi connectivity index (χ1v) is 7.85. The van der Waals surface area contributed by atoms with Crippen LogP contribution in [-0.4, -0.2) is 54.0 Å². The maximum absolute atomic E-state index is 14.4. The molecular formula is C17H24F2N2O2. The Kier molecular flexibility index (Phi) is 5.57. The highest BCUT2D eigenvalue weighted by Crippen LogP contribution is 2.16. The van der Waals surface area contributed by atoms with Crippen LogP contribution in [0.15, 0.2) is 24.3 Å². The smallest absolute Gasteiger partial charge is 0.410 e. The molecule has 1 heterocycles. The van der Waals surface area contributed by atoms with Crippen molar-refractivity contribution in [1.29, 1.82) is 0 Å². The second-order valence-electron chi connectivity index (χ2n) is 6.77. The molecule has 4 nitrogen and oxygen atoms in total. The highest BCUT2D eigenvalue weighted by Gasteiger charge is 2.28. The molecule has 1 aromatic carbocycles. The highest BCUT2D eigenvalue weighted by atomic mass is 19.1. The predicted octanol–water partition coefficient (Wildman–Crippen LogP) is 3.22. The lowest BCUT2D eigenvalue weighted by molar-refractivity contribution is -0.00313. The molecule has 0 N–H and O–H groups in total. The maximum Gasteiger partial charge on any atom is 0.410 e. The first-order valence-electron chi connectivity index (χ1n) is 7.85. The SMILES string of the molecule is CC(C)(C)OC(=O)N1CCN(C(F)Cc2ccc(F)cc2)CC1. The fraction of sp³-hybridized carbons (Fsp3) is 0.588. The van der Waals surface area contributed by atoms with Crippen molar-refractivity contribution in [3.63, 3.8) is 0 Å². The van der Waals surface area contributed by atoms with Crippen molar-refractivity contribution >= 4 is 6.09 Å². The van der Waals surface area contributed by atoms with Gasteiger partial charge in [0.15, 0.2) is 6.30 Å². The number of ether oxygens (including phenoxy) is 1. The van der Waals surface area contributed by atoms with Gasteiger partial charge in [0.1, 0.15) is 11.4 Å². The number of hydrogen-bond donors (Lipinski definition) is 0. The number of carbonyl (C=O) groups excluding carboxylic acids is 1. The van der Waals surface area contributed by atoms with E-state index in [1.165, 1.54) is 12.1 Å². The lowest BCUT2D eigenvalue weighted by atomic mass is 10.1. The zero-order chi connectivity index (χ0) is 17.0. The average molecular weight is 326 g/mol. The molecule has 6 heteroatoms. The third kappa shape index (κ3) is 5.46. The van der Waals surface area contributed by atoms with Gasteiger partial charge < -0.3 is 9.64 Å². The minimum absolute atomic E-state index is 0.215. The van der Waals surface area contributed by atoms with Crippen LogP contribution in [0.1, 0.15) is 26.3 Å². The minimum atomic E-state index is -1.14. The van der Waals surface area contributed by atoms with E-state index < -0.39 is 11.9 Å². The van der Waals surface area contributed by atoms with Crippen molar-refractivity contribution in [2.45, 2.75) is 39.1 Å². The van der Waals surface area contributed by atoms with E-state index in [1.807, 2.05) is 20.8 Å². The van der Waals surface area contributed by atoms with Crippen LogP contribution >= 0.6 is 0 Å². The third-order valence-electron chi connectivity index (χ3n) is 3.68. The maximum atomic E-state index is 14.4. The first kappa shape index (κ1) is 17.7. The van der Waals surface area contributed by atoms with Gasteiger partial charge in [-0.15, -0.1) is 0 Å². The van der Waals surface area contributed by atoms with Crippen LogP contribution in [0.25, 0.3) is 0 Å². The molecule has 0 saturated carbocycles. The molecule has 1 unspecified atom stereocenters. The molecule has 2 rings (SSSR count). The summed E-state index contributed by atoms with van der Waals surface area (Å²) < 4.78 is 32.6. The van der Waals surface area contributed by atoms with E-state index in [0.717, 1.165) is 5.56 Å². The van der Waals surface area contributed by atoms with Crippen molar-refractivity contribution in [2.75, 3.05) is 26.2 Å². The van der Waals surface area contributed by atoms with Crippen molar-refractivity contribution in [2.24, 2.45) is 0 Å². The number of amides is 1. The van der Waals surface area contributed by atoms with Crippen LogP contribution in [0.4, 0.5) is 13.6 Å². The molecule has 128 valence electrons. The van der Waals surface area contributed by atoms with Crippen LogP contribution in [0, 0.1) is 5.82 Å². The summed E-state index contributed by atoms with van der Waals surface area (Å²) in [6.07, 6.45) is -1.28. The quantitative estimate of drug-likeness (QED) is 0.800. The zero-order valence-electron chi connectivity index (χ0n) is 13.9. The number of nitrogens with zero attached hydrogens (tertiary/aromatic N) is 2. The summed E-state index contributed by atoms with van der Waals surface area (Å²) in [5.74, 6) is -0.324. The molecule has 1 saturated heterocycles. The van der Waals surface area contributed by atoms with E-state index in [1.54, 1.807) is 21.9 Å². The van der Waals surface area contributed by atoms with Crippen molar-refractivity contribution in [1.82, 2.24) is 9.80 Å². The largest absolute Gasteiger partial charge is 0.444 e. The van der Waals surface area contributed by atoms with E-state index in [2.05, 4.69) is 0 Å². The molecule has 1 fully saturated rings. The molecule has 1 aromatic rings. The molecule has 23 heavy (non-hydrogen) atoms. The molecule has 0 aromatic heterocycles. The van der Waals surface area contributed by atoms with Crippen LogP contribution in [-0.2, 0) is 11.2 Å². The molecule has 0 bridgehead atoms. The van der Waals surface area contributed by atoms with E-state index in [0.29, 0.717) is 26.2 Å². The van der Waals surface area contributed by atoms with Gasteiger partial charge in [-0.1, -0.05) is 12.1 Å². The Labute approximate surface area is 136 Å². The minimum Gasteiger partial charge on any atom is -0.444 e. The summed E-state index contributed by atoms with van der Waals surface area (Å²) in [6, 6.07) is 5.86. The zero-order valence-corrected chi connectivity index (χ0v) is 13.9. The van der Waals surface area contributed by atoms with Gasteiger partial charge >= 0.3 is 6.09 Å². The Morgan fingerprint density at radius 2 is 1.74 bits per heavy atom. The lowest BCUT2D eigenvalue weighted by Gasteiger charge is -2.37. The van der Waals surface area contributed by atoms with Crippen molar-refractivity contribution in [3.8, 4) is 0 Å². The molecule has 1 aliphatic rings. The van der Waals surface area contributed by atoms with Gasteiger partial charge in [-0.25, -0.2) is 13.6 Å². The third-order valence-corrected chi connectivity index (χ3v) is 3.68. The van der Waals surface area contributed by atoms with E-state index in [4.69, 9.17) is 4.74 Å². The number of alkyl halides is 1. The van der Waals surface area contributed by atoms with Crippen LogP contribution in [0.3, 0.4) is 0 Å². The number of carbonyl (C=O) groups is 1. The normalized spacial score (nSPS) is 17.9. The van der Waals surface area contributed by atoms with Gasteiger partial charge in [-0.3, -0.25) is 4.90 Å². The van der Waals surface area contributed by atoms with E-state index in [9.17, 15) is 13.6 Å². The molecule has 0 radical (unpaired) electrons. The lowest BCUT2D eigenvalue weighted by Crippen LogP contribution is -2.52. The van der Waals surface area contributed by atoms with Crippen LogP contribution < -0.4 is 0 Å². The van der Waals surface area contributed by atoms with Gasteiger partial charge in [0.25, 0.3) is 0 Å². The van der Waals surface area contributed by atoms with Crippen LogP contribution in [0.2, 0.25) is 0 Å². The van der Waals surface area contributed by atoms with Gasteiger partial charge in [0, 0.05) is 32.6 Å². The molecule has 1 amide bonds.